The van der Waals surface area contributed by atoms with E-state index in [-0.39, 0.29) is 17.9 Å². The number of carbonyl (C=O) groups is 2. The molecule has 0 spiro atoms. The molecular weight excluding hydrogens is 308 g/mol. The van der Waals surface area contributed by atoms with Crippen LogP contribution < -0.4 is 10.0 Å². The van der Waals surface area contributed by atoms with Gasteiger partial charge in [0.15, 0.2) is 0 Å². The molecule has 1 aromatic rings. The minimum absolute atomic E-state index is 0.0229. The molecule has 2 amide bonds. The van der Waals surface area contributed by atoms with Gasteiger partial charge in [-0.1, -0.05) is 24.1 Å². The zero-order valence-electron chi connectivity index (χ0n) is 12.3. The highest BCUT2D eigenvalue weighted by Crippen LogP contribution is 2.09. The fraction of sp³-hybridized carbons (Fsp3) is 0.429. The molecule has 0 bridgehead atoms. The van der Waals surface area contributed by atoms with E-state index in [4.69, 9.17) is 5.11 Å². The maximum Gasteiger partial charge on any atom is 0.328 e. The van der Waals surface area contributed by atoms with Gasteiger partial charge in [0.1, 0.15) is 0 Å². The van der Waals surface area contributed by atoms with Crippen molar-refractivity contribution >= 4 is 22.0 Å². The highest BCUT2D eigenvalue weighted by Gasteiger charge is 2.16. The fourth-order valence-electron chi connectivity index (χ4n) is 1.71. The molecule has 0 aliphatic rings. The van der Waals surface area contributed by atoms with Crippen LogP contribution in [0.4, 0.5) is 4.79 Å². The van der Waals surface area contributed by atoms with Gasteiger partial charge in [0.25, 0.3) is 10.0 Å². The fourth-order valence-corrected chi connectivity index (χ4v) is 2.64. The number of hydrogen-bond donors (Lipinski definition) is 3. The van der Waals surface area contributed by atoms with E-state index in [1.807, 2.05) is 11.6 Å². The van der Waals surface area contributed by atoms with E-state index in [0.717, 1.165) is 5.56 Å². The molecule has 122 valence electrons. The van der Waals surface area contributed by atoms with E-state index in [1.54, 1.807) is 12.1 Å². The van der Waals surface area contributed by atoms with Crippen LogP contribution in [0.2, 0.25) is 0 Å². The van der Waals surface area contributed by atoms with E-state index in [9.17, 15) is 18.0 Å². The number of benzene rings is 1. The minimum atomic E-state index is -3.87. The Kier molecular flexibility index (Phi) is 6.84. The summed E-state index contributed by atoms with van der Waals surface area (Å²) in [5, 5.41) is 10.9. The highest BCUT2D eigenvalue weighted by atomic mass is 32.2. The molecule has 0 fully saturated rings. The summed E-state index contributed by atoms with van der Waals surface area (Å²) in [6, 6.07) is 5.36. The number of carbonyl (C=O) groups excluding carboxylic acids is 1. The summed E-state index contributed by atoms with van der Waals surface area (Å²) in [6.45, 7) is 2.12. The third-order valence-corrected chi connectivity index (χ3v) is 4.26. The molecule has 3 N–H and O–H groups in total. The topological polar surface area (TPSA) is 113 Å². The van der Waals surface area contributed by atoms with Crippen molar-refractivity contribution in [1.82, 2.24) is 10.0 Å². The lowest BCUT2D eigenvalue weighted by molar-refractivity contribution is -0.137. The average molecular weight is 328 g/mol. The van der Waals surface area contributed by atoms with Crippen molar-refractivity contribution < 1.29 is 23.1 Å². The molecule has 1 aromatic carbocycles. The van der Waals surface area contributed by atoms with Crippen LogP contribution in [0.5, 0.6) is 0 Å². The Balaban J connectivity index is 2.35. The van der Waals surface area contributed by atoms with Crippen LogP contribution in [-0.2, 0) is 14.8 Å². The first kappa shape index (κ1) is 18.0. The van der Waals surface area contributed by atoms with Crippen molar-refractivity contribution in [3.63, 3.8) is 0 Å². The van der Waals surface area contributed by atoms with Crippen LogP contribution >= 0.6 is 0 Å². The number of sulfonamides is 1. The third-order valence-electron chi connectivity index (χ3n) is 2.91. The molecule has 0 saturated carbocycles. The van der Waals surface area contributed by atoms with Crippen LogP contribution in [0.3, 0.4) is 0 Å². The molecule has 0 saturated heterocycles. The number of carboxylic acids is 1. The lowest BCUT2D eigenvalue weighted by Crippen LogP contribution is -2.39. The second-order valence-corrected chi connectivity index (χ2v) is 6.56. The zero-order valence-corrected chi connectivity index (χ0v) is 13.1. The number of carboxylic acid groups (broad SMARTS) is 1. The van der Waals surface area contributed by atoms with Crippen molar-refractivity contribution in [2.24, 2.45) is 0 Å². The largest absolute Gasteiger partial charge is 0.481 e. The smallest absolute Gasteiger partial charge is 0.328 e. The van der Waals surface area contributed by atoms with Crippen molar-refractivity contribution in [3.05, 3.63) is 29.8 Å². The van der Waals surface area contributed by atoms with Crippen LogP contribution in [0.1, 0.15) is 31.2 Å². The lowest BCUT2D eigenvalue weighted by atomic mass is 10.2. The Morgan fingerprint density at radius 1 is 1.09 bits per heavy atom. The van der Waals surface area contributed by atoms with Gasteiger partial charge in [0, 0.05) is 13.0 Å². The van der Waals surface area contributed by atoms with Gasteiger partial charge in [-0.05, 0) is 31.9 Å². The van der Waals surface area contributed by atoms with E-state index < -0.39 is 22.0 Å². The summed E-state index contributed by atoms with van der Waals surface area (Å²) in [4.78, 5) is 21.9. The van der Waals surface area contributed by atoms with Crippen LogP contribution in [0.25, 0.3) is 0 Å². The van der Waals surface area contributed by atoms with Gasteiger partial charge in [-0.15, -0.1) is 0 Å². The maximum atomic E-state index is 11.9. The van der Waals surface area contributed by atoms with Gasteiger partial charge in [-0.2, -0.15) is 0 Å². The Bertz CT molecular complexity index is 611. The van der Waals surface area contributed by atoms with E-state index >= 15 is 0 Å². The predicted molar refractivity (Wildman–Crippen MR) is 81.0 cm³/mol. The molecular formula is C14H20N2O5S. The van der Waals surface area contributed by atoms with Gasteiger partial charge < -0.3 is 10.4 Å². The Hall–Kier alpha value is -2.09. The van der Waals surface area contributed by atoms with Crippen LogP contribution in [0.15, 0.2) is 29.2 Å². The number of aryl methyl sites for hydroxylation is 1. The van der Waals surface area contributed by atoms with Gasteiger partial charge in [0.05, 0.1) is 4.90 Å². The Morgan fingerprint density at radius 2 is 1.73 bits per heavy atom. The summed E-state index contributed by atoms with van der Waals surface area (Å²) in [5.74, 6) is -0.852. The molecule has 0 aromatic heterocycles. The third kappa shape index (κ3) is 6.57. The Labute approximate surface area is 129 Å². The minimum Gasteiger partial charge on any atom is -0.481 e. The molecule has 8 heteroatoms. The van der Waals surface area contributed by atoms with Crippen molar-refractivity contribution in [2.45, 2.75) is 37.5 Å². The van der Waals surface area contributed by atoms with Crippen LogP contribution in [0, 0.1) is 6.92 Å². The number of aliphatic carboxylic acids is 1. The number of nitrogens with one attached hydrogen (secondary N) is 2. The Morgan fingerprint density at radius 3 is 2.32 bits per heavy atom. The summed E-state index contributed by atoms with van der Waals surface area (Å²) < 4.78 is 25.8. The highest BCUT2D eigenvalue weighted by molar-refractivity contribution is 7.90. The quantitative estimate of drug-likeness (QED) is 0.628. The van der Waals surface area contributed by atoms with Gasteiger partial charge >= 0.3 is 12.0 Å². The molecule has 0 aliphatic heterocycles. The summed E-state index contributed by atoms with van der Waals surface area (Å²) in [6.07, 6.45) is 1.86. The van der Waals surface area contributed by atoms with Crippen LogP contribution in [-0.4, -0.2) is 32.1 Å². The standard InChI is InChI=1S/C14H20N2O5S/c1-11-6-8-12(9-7-11)22(20,21)16-14(19)15-10-4-2-3-5-13(17)18/h6-9H,2-5,10H2,1H3,(H,17,18)(H2,15,16,19). The molecule has 0 radical (unpaired) electrons. The maximum absolute atomic E-state index is 11.9. The lowest BCUT2D eigenvalue weighted by Gasteiger charge is -2.08. The normalized spacial score (nSPS) is 11.0. The SMILES string of the molecule is Cc1ccc(S(=O)(=O)NC(=O)NCCCCCC(=O)O)cc1. The molecule has 0 unspecified atom stereocenters. The molecule has 0 aliphatic carbocycles. The number of rotatable bonds is 8. The first-order chi connectivity index (χ1) is 10.3. The van der Waals surface area contributed by atoms with E-state index in [2.05, 4.69) is 5.32 Å². The van der Waals surface area contributed by atoms with Gasteiger partial charge in [0.2, 0.25) is 0 Å². The van der Waals surface area contributed by atoms with Gasteiger partial charge in [-0.3, -0.25) is 4.79 Å². The monoisotopic (exact) mass is 328 g/mol. The predicted octanol–water partition coefficient (Wildman–Crippen LogP) is 1.63. The zero-order chi connectivity index (χ0) is 16.6. The molecule has 7 nitrogen and oxygen atoms in total. The average Bonchev–Trinajstić information content (AvgIpc) is 2.42. The first-order valence-electron chi connectivity index (χ1n) is 6.90. The molecule has 1 rings (SSSR count). The molecule has 22 heavy (non-hydrogen) atoms. The molecule has 0 heterocycles. The number of amides is 2. The summed E-state index contributed by atoms with van der Waals surface area (Å²) in [7, 11) is -3.87. The second kappa shape index (κ2) is 8.38. The van der Waals surface area contributed by atoms with E-state index in [0.29, 0.717) is 19.3 Å². The molecule has 0 atom stereocenters. The number of unbranched alkanes of at least 4 members (excludes halogenated alkanes) is 2. The van der Waals surface area contributed by atoms with Gasteiger partial charge in [-0.25, -0.2) is 17.9 Å². The van der Waals surface area contributed by atoms with Crippen molar-refractivity contribution in [3.8, 4) is 0 Å². The second-order valence-electron chi connectivity index (χ2n) is 4.88. The summed E-state index contributed by atoms with van der Waals surface area (Å²) in [5.41, 5.74) is 0.921. The van der Waals surface area contributed by atoms with Crippen molar-refractivity contribution in [2.75, 3.05) is 6.54 Å². The number of hydrogen-bond acceptors (Lipinski definition) is 4. The first-order valence-corrected chi connectivity index (χ1v) is 8.39. The van der Waals surface area contributed by atoms with E-state index in [1.165, 1.54) is 12.1 Å². The number of urea groups is 1. The summed E-state index contributed by atoms with van der Waals surface area (Å²) >= 11 is 0. The van der Waals surface area contributed by atoms with Crippen molar-refractivity contribution in [1.29, 1.82) is 0 Å².